The Morgan fingerprint density at radius 3 is 2.28 bits per heavy atom. The molecule has 0 aromatic carbocycles. The van der Waals surface area contributed by atoms with Crippen molar-refractivity contribution in [3.63, 3.8) is 0 Å². The van der Waals surface area contributed by atoms with Crippen LogP contribution in [0.1, 0.15) is 20.8 Å². The van der Waals surface area contributed by atoms with Crippen LogP contribution in [-0.2, 0) is 9.53 Å². The number of carbonyl (C=O) groups is 1. The second-order valence-electron chi connectivity index (χ2n) is 4.88. The summed E-state index contributed by atoms with van der Waals surface area (Å²) in [7, 11) is 0. The molecule has 7 heteroatoms. The molecule has 0 heterocycles. The number of rotatable bonds is 7. The van der Waals surface area contributed by atoms with Crippen LogP contribution in [0.15, 0.2) is 0 Å². The first-order chi connectivity index (χ1) is 8.11. The van der Waals surface area contributed by atoms with Gasteiger partial charge in [0.25, 0.3) is 0 Å². The zero-order valence-corrected chi connectivity index (χ0v) is 11.0. The number of nitrogens with two attached hydrogens (primary N) is 1. The Labute approximate surface area is 105 Å². The zero-order chi connectivity index (χ0) is 14.4. The lowest BCUT2D eigenvalue weighted by molar-refractivity contribution is -0.178. The Hall–Kier alpha value is -0.820. The predicted molar refractivity (Wildman–Crippen MR) is 62.0 cm³/mol. The van der Waals surface area contributed by atoms with E-state index in [0.29, 0.717) is 19.6 Å². The fraction of sp³-hybridized carbons (Fsp3) is 0.909. The van der Waals surface area contributed by atoms with E-state index < -0.39 is 25.3 Å². The van der Waals surface area contributed by atoms with Gasteiger partial charge in [-0.05, 0) is 18.9 Å². The van der Waals surface area contributed by atoms with Gasteiger partial charge < -0.3 is 15.4 Å². The molecular weight excluding hydrogens is 249 g/mol. The van der Waals surface area contributed by atoms with Crippen LogP contribution in [0.4, 0.5) is 13.2 Å². The van der Waals surface area contributed by atoms with E-state index in [1.807, 2.05) is 13.8 Å². The van der Waals surface area contributed by atoms with Crippen molar-refractivity contribution in [3.8, 4) is 0 Å². The number of hydrogen-bond donors (Lipinski definition) is 1. The zero-order valence-electron chi connectivity index (χ0n) is 11.0. The van der Waals surface area contributed by atoms with Gasteiger partial charge in [0, 0.05) is 13.1 Å². The molecular formula is C11H21F3N2O2. The maximum Gasteiger partial charge on any atom is 0.411 e. The fourth-order valence-corrected chi connectivity index (χ4v) is 1.30. The minimum Gasteiger partial charge on any atom is -0.362 e. The van der Waals surface area contributed by atoms with Gasteiger partial charge in [0.1, 0.15) is 13.2 Å². The highest BCUT2D eigenvalue weighted by molar-refractivity contribution is 5.77. The van der Waals surface area contributed by atoms with Crippen molar-refractivity contribution in [2.24, 2.45) is 11.1 Å². The van der Waals surface area contributed by atoms with Crippen LogP contribution < -0.4 is 5.73 Å². The summed E-state index contributed by atoms with van der Waals surface area (Å²) in [6.07, 6.45) is -4.41. The number of hydrogen-bond acceptors (Lipinski definition) is 3. The SMILES string of the molecule is CCN(CC(C)(C)CN)C(=O)COCC(F)(F)F. The summed E-state index contributed by atoms with van der Waals surface area (Å²) in [5.74, 6) is -0.455. The molecule has 18 heavy (non-hydrogen) atoms. The molecule has 0 saturated carbocycles. The Morgan fingerprint density at radius 2 is 1.89 bits per heavy atom. The quantitative estimate of drug-likeness (QED) is 0.760. The van der Waals surface area contributed by atoms with Crippen LogP contribution in [0, 0.1) is 5.41 Å². The van der Waals surface area contributed by atoms with Gasteiger partial charge >= 0.3 is 6.18 Å². The molecule has 0 aromatic rings. The lowest BCUT2D eigenvalue weighted by atomic mass is 9.93. The summed E-state index contributed by atoms with van der Waals surface area (Å²) < 4.78 is 39.9. The van der Waals surface area contributed by atoms with Crippen LogP contribution in [0.25, 0.3) is 0 Å². The smallest absolute Gasteiger partial charge is 0.362 e. The lowest BCUT2D eigenvalue weighted by Crippen LogP contribution is -2.43. The molecule has 0 saturated heterocycles. The van der Waals surface area contributed by atoms with E-state index in [0.717, 1.165) is 0 Å². The first kappa shape index (κ1) is 17.2. The van der Waals surface area contributed by atoms with Crippen LogP contribution in [0.2, 0.25) is 0 Å². The summed E-state index contributed by atoms with van der Waals surface area (Å²) in [6.45, 7) is 4.77. The molecule has 0 unspecified atom stereocenters. The molecule has 0 rings (SSSR count). The summed E-state index contributed by atoms with van der Waals surface area (Å²) in [5, 5.41) is 0. The highest BCUT2D eigenvalue weighted by Gasteiger charge is 2.29. The van der Waals surface area contributed by atoms with E-state index in [1.165, 1.54) is 4.90 Å². The fourth-order valence-electron chi connectivity index (χ4n) is 1.30. The highest BCUT2D eigenvalue weighted by Crippen LogP contribution is 2.16. The summed E-state index contributed by atoms with van der Waals surface area (Å²) in [6, 6.07) is 0. The van der Waals surface area contributed by atoms with Crippen LogP contribution >= 0.6 is 0 Å². The Bertz CT molecular complexity index is 268. The first-order valence-corrected chi connectivity index (χ1v) is 5.73. The molecule has 0 fully saturated rings. The van der Waals surface area contributed by atoms with E-state index in [-0.39, 0.29) is 5.41 Å². The van der Waals surface area contributed by atoms with Gasteiger partial charge in [-0.25, -0.2) is 0 Å². The van der Waals surface area contributed by atoms with Gasteiger partial charge in [0.2, 0.25) is 5.91 Å². The third-order valence-electron chi connectivity index (χ3n) is 2.40. The minimum absolute atomic E-state index is 0.268. The topological polar surface area (TPSA) is 55.6 Å². The van der Waals surface area contributed by atoms with Gasteiger partial charge in [-0.3, -0.25) is 4.79 Å². The maximum atomic E-state index is 11.8. The van der Waals surface area contributed by atoms with Crippen molar-refractivity contribution in [2.45, 2.75) is 26.9 Å². The van der Waals surface area contributed by atoms with E-state index in [9.17, 15) is 18.0 Å². The Balaban J connectivity index is 4.20. The number of likely N-dealkylation sites (N-methyl/N-ethyl adjacent to an activating group) is 1. The number of carbonyl (C=O) groups excluding carboxylic acids is 1. The van der Waals surface area contributed by atoms with Gasteiger partial charge in [0.15, 0.2) is 0 Å². The molecule has 0 radical (unpaired) electrons. The number of halogens is 3. The van der Waals surface area contributed by atoms with Crippen molar-refractivity contribution in [1.29, 1.82) is 0 Å². The number of nitrogens with zero attached hydrogens (tertiary/aromatic N) is 1. The molecule has 1 amide bonds. The second kappa shape index (κ2) is 6.94. The van der Waals surface area contributed by atoms with Crippen molar-refractivity contribution in [3.05, 3.63) is 0 Å². The van der Waals surface area contributed by atoms with Crippen molar-refractivity contribution >= 4 is 5.91 Å². The standard InChI is InChI=1S/C11H21F3N2O2/c1-4-16(7-10(2,3)6-15)9(17)5-18-8-11(12,13)14/h4-8,15H2,1-3H3. The largest absolute Gasteiger partial charge is 0.411 e. The summed E-state index contributed by atoms with van der Waals surface area (Å²) in [4.78, 5) is 13.1. The molecule has 4 nitrogen and oxygen atoms in total. The molecule has 0 aliphatic carbocycles. The normalized spacial score (nSPS) is 12.6. The molecule has 108 valence electrons. The number of ether oxygens (including phenoxy) is 1. The van der Waals surface area contributed by atoms with Crippen LogP contribution in [-0.4, -0.2) is 49.8 Å². The van der Waals surface area contributed by atoms with Gasteiger partial charge in [-0.2, -0.15) is 13.2 Å². The van der Waals surface area contributed by atoms with Crippen LogP contribution in [0.3, 0.4) is 0 Å². The molecule has 0 bridgehead atoms. The van der Waals surface area contributed by atoms with E-state index in [1.54, 1.807) is 6.92 Å². The predicted octanol–water partition coefficient (Wildman–Crippen LogP) is 1.40. The highest BCUT2D eigenvalue weighted by atomic mass is 19.4. The van der Waals surface area contributed by atoms with E-state index >= 15 is 0 Å². The molecule has 0 atom stereocenters. The van der Waals surface area contributed by atoms with Crippen LogP contribution in [0.5, 0.6) is 0 Å². The Kier molecular flexibility index (Phi) is 6.62. The maximum absolute atomic E-state index is 11.8. The molecule has 0 spiro atoms. The average Bonchev–Trinajstić information content (AvgIpc) is 2.24. The van der Waals surface area contributed by atoms with E-state index in [4.69, 9.17) is 5.73 Å². The van der Waals surface area contributed by atoms with Crippen molar-refractivity contribution in [2.75, 3.05) is 32.8 Å². The van der Waals surface area contributed by atoms with Gasteiger partial charge in [0.05, 0.1) is 0 Å². The molecule has 0 aliphatic rings. The average molecular weight is 270 g/mol. The minimum atomic E-state index is -4.41. The second-order valence-corrected chi connectivity index (χ2v) is 4.88. The van der Waals surface area contributed by atoms with Gasteiger partial charge in [-0.15, -0.1) is 0 Å². The molecule has 0 aromatic heterocycles. The molecule has 0 aliphatic heterocycles. The third-order valence-corrected chi connectivity index (χ3v) is 2.40. The van der Waals surface area contributed by atoms with E-state index in [2.05, 4.69) is 4.74 Å². The number of alkyl halides is 3. The number of amides is 1. The van der Waals surface area contributed by atoms with Crippen molar-refractivity contribution in [1.82, 2.24) is 4.90 Å². The Morgan fingerprint density at radius 1 is 1.33 bits per heavy atom. The van der Waals surface area contributed by atoms with Crippen molar-refractivity contribution < 1.29 is 22.7 Å². The van der Waals surface area contributed by atoms with Gasteiger partial charge in [-0.1, -0.05) is 13.8 Å². The lowest BCUT2D eigenvalue weighted by Gasteiger charge is -2.31. The third kappa shape index (κ3) is 7.50. The summed E-state index contributed by atoms with van der Waals surface area (Å²) in [5.41, 5.74) is 5.28. The first-order valence-electron chi connectivity index (χ1n) is 5.73. The monoisotopic (exact) mass is 270 g/mol. The molecule has 2 N–H and O–H groups in total. The summed E-state index contributed by atoms with van der Waals surface area (Å²) >= 11 is 0.